The zero-order valence-corrected chi connectivity index (χ0v) is 14.5. The second-order valence-electron chi connectivity index (χ2n) is 6.59. The van der Waals surface area contributed by atoms with E-state index in [2.05, 4.69) is 33.6 Å². The maximum Gasteiger partial charge on any atom is 0.262 e. The highest BCUT2D eigenvalue weighted by atomic mass is 16.2. The van der Waals surface area contributed by atoms with Crippen molar-refractivity contribution in [2.24, 2.45) is 0 Å². The number of nitrogens with zero attached hydrogens (tertiary/aromatic N) is 2. The lowest BCUT2D eigenvalue weighted by molar-refractivity contribution is 0.102. The maximum absolute atomic E-state index is 12.6. The van der Waals surface area contributed by atoms with Crippen LogP contribution in [0.25, 0.3) is 0 Å². The molecule has 2 N–H and O–H groups in total. The molecular formula is C20H20N4O2. The van der Waals surface area contributed by atoms with Crippen molar-refractivity contribution in [1.29, 1.82) is 0 Å². The summed E-state index contributed by atoms with van der Waals surface area (Å²) in [5, 5.41) is 7.41. The Morgan fingerprint density at radius 1 is 1.27 bits per heavy atom. The standard InChI is InChI=1S/C20H20N4O2/c1-13-12-22-24(17-10-4-7-14-6-2-3-8-15(14)17)18(13)23-20(26)16-9-5-11-21-19(16)25/h2-3,5-6,8-9,11-12,17H,4,7,10H2,1H3,(H,21,25)(H,23,26)/t17-/m0/s1. The monoisotopic (exact) mass is 348 g/mol. The first-order valence-corrected chi connectivity index (χ1v) is 8.76. The average Bonchev–Trinajstić information content (AvgIpc) is 3.02. The van der Waals surface area contributed by atoms with Crippen LogP contribution in [0.4, 0.5) is 5.82 Å². The number of nitrogens with one attached hydrogen (secondary N) is 2. The number of hydrogen-bond acceptors (Lipinski definition) is 3. The first-order valence-electron chi connectivity index (χ1n) is 8.76. The number of carbonyl (C=O) groups is 1. The first-order chi connectivity index (χ1) is 12.6. The highest BCUT2D eigenvalue weighted by Crippen LogP contribution is 2.35. The summed E-state index contributed by atoms with van der Waals surface area (Å²) in [4.78, 5) is 27.0. The molecule has 26 heavy (non-hydrogen) atoms. The number of anilines is 1. The van der Waals surface area contributed by atoms with Gasteiger partial charge in [-0.05, 0) is 49.4 Å². The molecule has 0 bridgehead atoms. The Balaban J connectivity index is 1.70. The van der Waals surface area contributed by atoms with Crippen molar-refractivity contribution in [1.82, 2.24) is 14.8 Å². The summed E-state index contributed by atoms with van der Waals surface area (Å²) in [6, 6.07) is 11.6. The summed E-state index contributed by atoms with van der Waals surface area (Å²) in [5.74, 6) is 0.209. The summed E-state index contributed by atoms with van der Waals surface area (Å²) in [5.41, 5.74) is 3.12. The Kier molecular flexibility index (Phi) is 4.16. The number of aromatic amines is 1. The SMILES string of the molecule is Cc1cnn([C@H]2CCCc3ccccc32)c1NC(=O)c1ccc[nH]c1=O. The molecule has 0 aliphatic heterocycles. The molecule has 132 valence electrons. The predicted molar refractivity (Wildman–Crippen MR) is 99.5 cm³/mol. The Morgan fingerprint density at radius 2 is 2.12 bits per heavy atom. The summed E-state index contributed by atoms with van der Waals surface area (Å²) in [7, 11) is 0. The minimum absolute atomic E-state index is 0.0815. The van der Waals surface area contributed by atoms with Gasteiger partial charge in [0, 0.05) is 11.8 Å². The first kappa shape index (κ1) is 16.3. The number of aromatic nitrogens is 3. The Hall–Kier alpha value is -3.15. The third-order valence-corrected chi connectivity index (χ3v) is 4.91. The van der Waals surface area contributed by atoms with Crippen molar-refractivity contribution in [2.75, 3.05) is 5.32 Å². The predicted octanol–water partition coefficient (Wildman–Crippen LogP) is 3.06. The highest BCUT2D eigenvalue weighted by Gasteiger charge is 2.25. The molecule has 2 heterocycles. The van der Waals surface area contributed by atoms with Crippen molar-refractivity contribution in [3.8, 4) is 0 Å². The minimum atomic E-state index is -0.430. The molecule has 1 aromatic carbocycles. The van der Waals surface area contributed by atoms with Gasteiger partial charge in [-0.25, -0.2) is 4.68 Å². The van der Waals surface area contributed by atoms with Gasteiger partial charge >= 0.3 is 0 Å². The van der Waals surface area contributed by atoms with Crippen molar-refractivity contribution >= 4 is 11.7 Å². The second-order valence-corrected chi connectivity index (χ2v) is 6.59. The van der Waals surface area contributed by atoms with E-state index in [0.717, 1.165) is 24.8 Å². The number of amides is 1. The third-order valence-electron chi connectivity index (χ3n) is 4.91. The molecule has 6 nitrogen and oxygen atoms in total. The summed E-state index contributed by atoms with van der Waals surface area (Å²) >= 11 is 0. The molecule has 4 rings (SSSR count). The summed E-state index contributed by atoms with van der Waals surface area (Å²) in [6.45, 7) is 1.91. The van der Waals surface area contributed by atoms with Crippen LogP contribution in [0, 0.1) is 6.92 Å². The van der Waals surface area contributed by atoms with E-state index in [1.54, 1.807) is 12.3 Å². The molecule has 0 saturated carbocycles. The minimum Gasteiger partial charge on any atom is -0.328 e. The van der Waals surface area contributed by atoms with Crippen LogP contribution in [0.15, 0.2) is 53.6 Å². The molecule has 0 radical (unpaired) electrons. The summed E-state index contributed by atoms with van der Waals surface area (Å²) < 4.78 is 1.88. The van der Waals surface area contributed by atoms with Crippen molar-refractivity contribution in [3.05, 3.63) is 81.4 Å². The number of fused-ring (bicyclic) bond motifs is 1. The van der Waals surface area contributed by atoms with E-state index in [4.69, 9.17) is 0 Å². The van der Waals surface area contributed by atoms with Crippen molar-refractivity contribution < 1.29 is 4.79 Å². The molecule has 6 heteroatoms. The van der Waals surface area contributed by atoms with Crippen LogP contribution in [-0.4, -0.2) is 20.7 Å². The quantitative estimate of drug-likeness (QED) is 0.763. The lowest BCUT2D eigenvalue weighted by Crippen LogP contribution is -2.26. The van der Waals surface area contributed by atoms with Gasteiger partial charge in [0.2, 0.25) is 0 Å². The van der Waals surface area contributed by atoms with Gasteiger partial charge in [0.1, 0.15) is 11.4 Å². The van der Waals surface area contributed by atoms with E-state index < -0.39 is 11.5 Å². The van der Waals surface area contributed by atoms with Gasteiger partial charge in [0.05, 0.1) is 12.2 Å². The maximum atomic E-state index is 12.6. The molecule has 1 amide bonds. The third kappa shape index (κ3) is 2.83. The van der Waals surface area contributed by atoms with Gasteiger partial charge in [0.15, 0.2) is 0 Å². The van der Waals surface area contributed by atoms with Crippen molar-refractivity contribution in [2.45, 2.75) is 32.2 Å². The number of H-pyrrole nitrogens is 1. The van der Waals surface area contributed by atoms with E-state index in [1.807, 2.05) is 17.7 Å². The molecule has 0 fully saturated rings. The molecule has 1 aliphatic carbocycles. The molecule has 2 aromatic heterocycles. The van der Waals surface area contributed by atoms with Gasteiger partial charge in [0.25, 0.3) is 11.5 Å². The van der Waals surface area contributed by atoms with Crippen LogP contribution >= 0.6 is 0 Å². The van der Waals surface area contributed by atoms with Crippen molar-refractivity contribution in [3.63, 3.8) is 0 Å². The normalized spacial score (nSPS) is 16.1. The topological polar surface area (TPSA) is 79.8 Å². The van der Waals surface area contributed by atoms with E-state index in [9.17, 15) is 9.59 Å². The molecule has 1 atom stereocenters. The zero-order valence-electron chi connectivity index (χ0n) is 14.5. The number of hydrogen-bond donors (Lipinski definition) is 2. The smallest absolute Gasteiger partial charge is 0.262 e. The number of rotatable bonds is 3. The Labute approximate surface area is 150 Å². The Bertz CT molecular complexity index is 1020. The fourth-order valence-corrected chi connectivity index (χ4v) is 3.60. The molecule has 0 saturated heterocycles. The van der Waals surface area contributed by atoms with Gasteiger partial charge in [-0.3, -0.25) is 9.59 Å². The van der Waals surface area contributed by atoms with Gasteiger partial charge in [-0.2, -0.15) is 5.10 Å². The van der Waals surface area contributed by atoms with Gasteiger partial charge < -0.3 is 10.3 Å². The molecule has 0 unspecified atom stereocenters. The fourth-order valence-electron chi connectivity index (χ4n) is 3.60. The van der Waals surface area contributed by atoms with Crippen LogP contribution in [-0.2, 0) is 6.42 Å². The largest absolute Gasteiger partial charge is 0.328 e. The Morgan fingerprint density at radius 3 is 2.96 bits per heavy atom. The molecule has 3 aromatic rings. The average molecular weight is 348 g/mol. The van der Waals surface area contributed by atoms with E-state index in [-0.39, 0.29) is 11.6 Å². The van der Waals surface area contributed by atoms with Crippen LogP contribution in [0.5, 0.6) is 0 Å². The molecular weight excluding hydrogens is 328 g/mol. The number of pyridine rings is 1. The van der Waals surface area contributed by atoms with Gasteiger partial charge in [-0.15, -0.1) is 0 Å². The summed E-state index contributed by atoms with van der Waals surface area (Å²) in [6.07, 6.45) is 6.36. The van der Waals surface area contributed by atoms with Gasteiger partial charge in [-0.1, -0.05) is 24.3 Å². The highest BCUT2D eigenvalue weighted by molar-refractivity contribution is 6.03. The van der Waals surface area contributed by atoms with Crippen LogP contribution in [0.3, 0.4) is 0 Å². The molecule has 0 spiro atoms. The van der Waals surface area contributed by atoms with Crippen LogP contribution < -0.4 is 10.9 Å². The van der Waals surface area contributed by atoms with Crippen LogP contribution in [0.1, 0.15) is 45.9 Å². The van der Waals surface area contributed by atoms with Crippen LogP contribution in [0.2, 0.25) is 0 Å². The fraction of sp³-hybridized carbons (Fsp3) is 0.250. The van der Waals surface area contributed by atoms with E-state index in [1.165, 1.54) is 23.4 Å². The molecule has 1 aliphatic rings. The number of carbonyl (C=O) groups excluding carboxylic acids is 1. The zero-order chi connectivity index (χ0) is 18.1. The number of benzene rings is 1. The van der Waals surface area contributed by atoms with E-state index in [0.29, 0.717) is 5.82 Å². The lowest BCUT2D eigenvalue weighted by atomic mass is 9.88. The number of aryl methyl sites for hydroxylation is 2. The van der Waals surface area contributed by atoms with E-state index >= 15 is 0 Å². The second kappa shape index (κ2) is 6.63. The lowest BCUT2D eigenvalue weighted by Gasteiger charge is -2.27.